The Morgan fingerprint density at radius 3 is 2.83 bits per heavy atom. The monoisotopic (exact) mass is 397 g/mol. The molecule has 1 N–H and O–H groups in total. The molecule has 29 heavy (non-hydrogen) atoms. The van der Waals surface area contributed by atoms with Crippen molar-refractivity contribution in [3.63, 3.8) is 0 Å². The number of likely N-dealkylation sites (tertiary alicyclic amines) is 1. The third kappa shape index (κ3) is 4.38. The van der Waals surface area contributed by atoms with Gasteiger partial charge in [-0.15, -0.1) is 0 Å². The Kier molecular flexibility index (Phi) is 6.02. The van der Waals surface area contributed by atoms with Gasteiger partial charge in [-0.05, 0) is 36.1 Å². The first-order chi connectivity index (χ1) is 14.2. The SMILES string of the molecule is COCC1COc2cc(C(O)C3CCCN(Cc4ccccc4)C3=O)ccc2O1. The molecule has 2 aliphatic heterocycles. The van der Waals surface area contributed by atoms with Crippen LogP contribution in [-0.4, -0.2) is 48.9 Å². The van der Waals surface area contributed by atoms with Crippen LogP contribution in [0, 0.1) is 5.92 Å². The Labute approximate surface area is 171 Å². The van der Waals surface area contributed by atoms with E-state index >= 15 is 0 Å². The van der Waals surface area contributed by atoms with Crippen LogP contribution in [0.2, 0.25) is 0 Å². The molecular weight excluding hydrogens is 370 g/mol. The van der Waals surface area contributed by atoms with Crippen LogP contribution in [-0.2, 0) is 16.1 Å². The van der Waals surface area contributed by atoms with Gasteiger partial charge in [0.15, 0.2) is 17.6 Å². The third-order valence-electron chi connectivity index (χ3n) is 5.55. The number of nitrogens with zero attached hydrogens (tertiary/aromatic N) is 1. The highest BCUT2D eigenvalue weighted by molar-refractivity contribution is 5.80. The van der Waals surface area contributed by atoms with Crippen LogP contribution >= 0.6 is 0 Å². The fourth-order valence-electron chi connectivity index (χ4n) is 4.04. The number of ether oxygens (including phenoxy) is 3. The van der Waals surface area contributed by atoms with Crippen molar-refractivity contribution >= 4 is 5.91 Å². The Morgan fingerprint density at radius 1 is 1.21 bits per heavy atom. The lowest BCUT2D eigenvalue weighted by atomic mass is 9.87. The number of aliphatic hydroxyl groups is 1. The third-order valence-corrected chi connectivity index (χ3v) is 5.55. The molecule has 1 fully saturated rings. The van der Waals surface area contributed by atoms with E-state index in [9.17, 15) is 9.90 Å². The second-order valence-corrected chi connectivity index (χ2v) is 7.65. The van der Waals surface area contributed by atoms with Crippen LogP contribution in [0.25, 0.3) is 0 Å². The average molecular weight is 397 g/mol. The van der Waals surface area contributed by atoms with Crippen molar-refractivity contribution in [1.29, 1.82) is 0 Å². The summed E-state index contributed by atoms with van der Waals surface area (Å²) in [6, 6.07) is 15.3. The summed E-state index contributed by atoms with van der Waals surface area (Å²) in [6.07, 6.45) is 0.542. The van der Waals surface area contributed by atoms with E-state index in [2.05, 4.69) is 0 Å². The highest BCUT2D eigenvalue weighted by Gasteiger charge is 2.35. The zero-order chi connectivity index (χ0) is 20.2. The van der Waals surface area contributed by atoms with E-state index in [-0.39, 0.29) is 12.0 Å². The van der Waals surface area contributed by atoms with Crippen molar-refractivity contribution in [3.8, 4) is 11.5 Å². The van der Waals surface area contributed by atoms with Gasteiger partial charge in [-0.3, -0.25) is 4.79 Å². The maximum atomic E-state index is 13.0. The van der Waals surface area contributed by atoms with Gasteiger partial charge in [0.25, 0.3) is 0 Å². The summed E-state index contributed by atoms with van der Waals surface area (Å²) in [5.74, 6) is 0.784. The zero-order valence-corrected chi connectivity index (χ0v) is 16.6. The van der Waals surface area contributed by atoms with Crippen LogP contribution in [0.5, 0.6) is 11.5 Å². The lowest BCUT2D eigenvalue weighted by Gasteiger charge is -2.35. The van der Waals surface area contributed by atoms with Crippen LogP contribution in [0.15, 0.2) is 48.5 Å². The number of aliphatic hydroxyl groups excluding tert-OH is 1. The summed E-state index contributed by atoms with van der Waals surface area (Å²) >= 11 is 0. The summed E-state index contributed by atoms with van der Waals surface area (Å²) in [7, 11) is 1.63. The molecule has 0 bridgehead atoms. The highest BCUT2D eigenvalue weighted by Crippen LogP contribution is 2.38. The minimum Gasteiger partial charge on any atom is -0.486 e. The van der Waals surface area contributed by atoms with E-state index in [0.717, 1.165) is 18.5 Å². The number of carbonyl (C=O) groups excluding carboxylic acids is 1. The van der Waals surface area contributed by atoms with Crippen LogP contribution < -0.4 is 9.47 Å². The molecule has 0 spiro atoms. The van der Waals surface area contributed by atoms with E-state index in [1.807, 2.05) is 41.3 Å². The molecule has 2 aliphatic rings. The van der Waals surface area contributed by atoms with E-state index in [4.69, 9.17) is 14.2 Å². The minimum atomic E-state index is -0.869. The first-order valence-corrected chi connectivity index (χ1v) is 10.1. The van der Waals surface area contributed by atoms with E-state index in [0.29, 0.717) is 43.2 Å². The van der Waals surface area contributed by atoms with Gasteiger partial charge in [0.1, 0.15) is 6.61 Å². The van der Waals surface area contributed by atoms with Crippen molar-refractivity contribution < 1.29 is 24.1 Å². The lowest BCUT2D eigenvalue weighted by Crippen LogP contribution is -2.42. The molecule has 0 aromatic heterocycles. The highest BCUT2D eigenvalue weighted by atomic mass is 16.6. The largest absolute Gasteiger partial charge is 0.486 e. The second kappa shape index (κ2) is 8.84. The number of hydrogen-bond acceptors (Lipinski definition) is 5. The minimum absolute atomic E-state index is 0.00245. The number of methoxy groups -OCH3 is 1. The lowest BCUT2D eigenvalue weighted by molar-refractivity contribution is -0.143. The Bertz CT molecular complexity index is 840. The van der Waals surface area contributed by atoms with E-state index in [1.54, 1.807) is 19.2 Å². The normalized spacial score (nSPS) is 22.4. The molecule has 2 heterocycles. The molecular formula is C23H27NO5. The van der Waals surface area contributed by atoms with Crippen molar-refractivity contribution in [1.82, 2.24) is 4.90 Å². The smallest absolute Gasteiger partial charge is 0.228 e. The molecule has 4 rings (SSSR count). The molecule has 0 aliphatic carbocycles. The molecule has 1 amide bonds. The number of amides is 1. The van der Waals surface area contributed by atoms with Gasteiger partial charge >= 0.3 is 0 Å². The molecule has 6 nitrogen and oxygen atoms in total. The zero-order valence-electron chi connectivity index (χ0n) is 16.6. The summed E-state index contributed by atoms with van der Waals surface area (Å²) in [5, 5.41) is 11.0. The first-order valence-electron chi connectivity index (χ1n) is 10.1. The van der Waals surface area contributed by atoms with Gasteiger partial charge in [-0.25, -0.2) is 0 Å². The number of carbonyl (C=O) groups is 1. The molecule has 3 unspecified atom stereocenters. The summed E-state index contributed by atoms with van der Waals surface area (Å²) in [4.78, 5) is 14.9. The summed E-state index contributed by atoms with van der Waals surface area (Å²) in [6.45, 7) is 2.15. The second-order valence-electron chi connectivity index (χ2n) is 7.65. The number of benzene rings is 2. The maximum Gasteiger partial charge on any atom is 0.228 e. The standard InChI is InChI=1S/C23H27NO5/c1-27-14-18-15-28-21-12-17(9-10-20(21)29-18)22(25)19-8-5-11-24(23(19)26)13-16-6-3-2-4-7-16/h2-4,6-7,9-10,12,18-19,22,25H,5,8,11,13-15H2,1H3. The molecule has 1 saturated heterocycles. The molecule has 6 heteroatoms. The summed E-state index contributed by atoms with van der Waals surface area (Å²) in [5.41, 5.74) is 1.78. The Morgan fingerprint density at radius 2 is 2.03 bits per heavy atom. The Balaban J connectivity index is 1.46. The average Bonchev–Trinajstić information content (AvgIpc) is 2.75. The van der Waals surface area contributed by atoms with Crippen LogP contribution in [0.4, 0.5) is 0 Å². The van der Waals surface area contributed by atoms with Crippen LogP contribution in [0.3, 0.4) is 0 Å². The molecule has 3 atom stereocenters. The predicted molar refractivity (Wildman–Crippen MR) is 108 cm³/mol. The number of fused-ring (bicyclic) bond motifs is 1. The van der Waals surface area contributed by atoms with Gasteiger partial charge < -0.3 is 24.2 Å². The van der Waals surface area contributed by atoms with E-state index < -0.39 is 12.0 Å². The van der Waals surface area contributed by atoms with Crippen molar-refractivity contribution in [2.75, 3.05) is 26.9 Å². The predicted octanol–water partition coefficient (Wildman–Crippen LogP) is 2.95. The molecule has 2 aromatic carbocycles. The number of piperidine rings is 1. The molecule has 2 aromatic rings. The number of hydrogen-bond donors (Lipinski definition) is 1. The van der Waals surface area contributed by atoms with Crippen molar-refractivity contribution in [2.45, 2.75) is 31.6 Å². The quantitative estimate of drug-likeness (QED) is 0.812. The van der Waals surface area contributed by atoms with Gasteiger partial charge in [-0.1, -0.05) is 36.4 Å². The van der Waals surface area contributed by atoms with Crippen molar-refractivity contribution in [3.05, 3.63) is 59.7 Å². The topological polar surface area (TPSA) is 68.2 Å². The van der Waals surface area contributed by atoms with Crippen molar-refractivity contribution in [2.24, 2.45) is 5.92 Å². The first kappa shape index (κ1) is 19.7. The van der Waals surface area contributed by atoms with E-state index in [1.165, 1.54) is 0 Å². The van der Waals surface area contributed by atoms with Gasteiger partial charge in [0.05, 0.1) is 18.6 Å². The van der Waals surface area contributed by atoms with Gasteiger partial charge in [0.2, 0.25) is 5.91 Å². The van der Waals surface area contributed by atoms with Gasteiger partial charge in [0, 0.05) is 20.2 Å². The molecule has 154 valence electrons. The maximum absolute atomic E-state index is 13.0. The Hall–Kier alpha value is -2.57. The number of rotatable bonds is 6. The molecule has 0 radical (unpaired) electrons. The van der Waals surface area contributed by atoms with Gasteiger partial charge in [-0.2, -0.15) is 0 Å². The fourth-order valence-corrected chi connectivity index (χ4v) is 4.04. The van der Waals surface area contributed by atoms with Crippen LogP contribution in [0.1, 0.15) is 30.1 Å². The summed E-state index contributed by atoms with van der Waals surface area (Å²) < 4.78 is 16.7. The molecule has 0 saturated carbocycles. The fraction of sp³-hybridized carbons (Fsp3) is 0.435.